The Labute approximate surface area is 122 Å². The quantitative estimate of drug-likeness (QED) is 0.834. The van der Waals surface area contributed by atoms with Gasteiger partial charge in [-0.3, -0.25) is 4.79 Å². The fourth-order valence-corrected chi connectivity index (χ4v) is 2.72. The van der Waals surface area contributed by atoms with Crippen LogP contribution in [0, 0.1) is 0 Å². The fraction of sp³-hybridized carbons (Fsp3) is 0.200. The van der Waals surface area contributed by atoms with Crippen LogP contribution in [0.2, 0.25) is 5.15 Å². The van der Waals surface area contributed by atoms with Gasteiger partial charge in [-0.25, -0.2) is 4.98 Å². The topological polar surface area (TPSA) is 68.0 Å². The van der Waals surface area contributed by atoms with Crippen molar-refractivity contribution in [3.8, 4) is 0 Å². The molecular weight excluding hydrogens is 274 g/mol. The normalized spacial score (nSPS) is 13.1. The van der Waals surface area contributed by atoms with Crippen molar-refractivity contribution in [1.29, 1.82) is 0 Å². The summed E-state index contributed by atoms with van der Waals surface area (Å²) < 4.78 is 0. The zero-order valence-corrected chi connectivity index (χ0v) is 11.6. The summed E-state index contributed by atoms with van der Waals surface area (Å²) in [7, 11) is 0. The molecule has 4 nitrogen and oxygen atoms in total. The van der Waals surface area contributed by atoms with Crippen molar-refractivity contribution in [3.05, 3.63) is 52.2 Å². The van der Waals surface area contributed by atoms with Crippen LogP contribution in [-0.4, -0.2) is 10.9 Å². The molecule has 3 rings (SSSR count). The number of carbonyl (C=O) groups is 1. The maximum absolute atomic E-state index is 12.2. The van der Waals surface area contributed by atoms with Crippen LogP contribution < -0.4 is 11.1 Å². The van der Waals surface area contributed by atoms with Crippen molar-refractivity contribution in [2.24, 2.45) is 0 Å². The summed E-state index contributed by atoms with van der Waals surface area (Å²) in [5.74, 6) is -0.00412. The maximum Gasteiger partial charge on any atom is 0.255 e. The summed E-state index contributed by atoms with van der Waals surface area (Å²) in [5, 5.41) is 3.07. The Hall–Kier alpha value is -2.07. The molecule has 1 aromatic heterocycles. The van der Waals surface area contributed by atoms with Gasteiger partial charge in [0.1, 0.15) is 11.0 Å². The number of nitrogen functional groups attached to an aromatic ring is 1. The highest BCUT2D eigenvalue weighted by Crippen LogP contribution is 2.25. The number of rotatable bonds is 2. The third-order valence-electron chi connectivity index (χ3n) is 3.43. The van der Waals surface area contributed by atoms with Gasteiger partial charge in [0.05, 0.1) is 0 Å². The van der Waals surface area contributed by atoms with Crippen LogP contribution >= 0.6 is 11.6 Å². The zero-order chi connectivity index (χ0) is 14.1. The number of hydrogen-bond acceptors (Lipinski definition) is 3. The Morgan fingerprint density at radius 1 is 1.20 bits per heavy atom. The van der Waals surface area contributed by atoms with Gasteiger partial charge in [0.15, 0.2) is 0 Å². The first-order valence-corrected chi connectivity index (χ1v) is 6.86. The van der Waals surface area contributed by atoms with E-state index >= 15 is 0 Å². The smallest absolute Gasteiger partial charge is 0.255 e. The summed E-state index contributed by atoms with van der Waals surface area (Å²) in [4.78, 5) is 16.0. The lowest BCUT2D eigenvalue weighted by Crippen LogP contribution is -2.13. The number of hydrogen-bond donors (Lipinski definition) is 2. The molecule has 1 amide bonds. The zero-order valence-electron chi connectivity index (χ0n) is 10.8. The molecule has 2 aromatic rings. The average Bonchev–Trinajstić information content (AvgIpc) is 2.85. The molecule has 0 saturated heterocycles. The number of halogens is 1. The van der Waals surface area contributed by atoms with Crippen molar-refractivity contribution >= 4 is 29.0 Å². The predicted molar refractivity (Wildman–Crippen MR) is 80.1 cm³/mol. The van der Waals surface area contributed by atoms with Gasteiger partial charge in [0.25, 0.3) is 5.91 Å². The molecule has 0 aliphatic heterocycles. The second-order valence-corrected chi connectivity index (χ2v) is 5.28. The molecule has 5 heteroatoms. The highest BCUT2D eigenvalue weighted by Gasteiger charge is 2.13. The van der Waals surface area contributed by atoms with Crippen molar-refractivity contribution in [1.82, 2.24) is 4.98 Å². The van der Waals surface area contributed by atoms with Crippen molar-refractivity contribution in [2.45, 2.75) is 19.3 Å². The third-order valence-corrected chi connectivity index (χ3v) is 3.63. The van der Waals surface area contributed by atoms with Gasteiger partial charge >= 0.3 is 0 Å². The maximum atomic E-state index is 12.2. The van der Waals surface area contributed by atoms with E-state index in [0.29, 0.717) is 5.56 Å². The Bertz CT molecular complexity index is 665. The van der Waals surface area contributed by atoms with E-state index in [1.807, 2.05) is 12.1 Å². The van der Waals surface area contributed by atoms with Crippen molar-refractivity contribution in [3.63, 3.8) is 0 Å². The van der Waals surface area contributed by atoms with Gasteiger partial charge in [0.2, 0.25) is 0 Å². The van der Waals surface area contributed by atoms with Gasteiger partial charge in [-0.05, 0) is 54.7 Å². The Morgan fingerprint density at radius 3 is 2.80 bits per heavy atom. The van der Waals surface area contributed by atoms with Crippen LogP contribution in [0.25, 0.3) is 0 Å². The molecule has 0 unspecified atom stereocenters. The number of carbonyl (C=O) groups excluding carboxylic acids is 1. The lowest BCUT2D eigenvalue weighted by atomic mass is 10.1. The van der Waals surface area contributed by atoms with Gasteiger partial charge in [0, 0.05) is 11.3 Å². The summed E-state index contributed by atoms with van der Waals surface area (Å²) in [6.45, 7) is 0. The van der Waals surface area contributed by atoms with Gasteiger partial charge < -0.3 is 11.1 Å². The van der Waals surface area contributed by atoms with E-state index in [-0.39, 0.29) is 16.9 Å². The van der Waals surface area contributed by atoms with Crippen LogP contribution in [-0.2, 0) is 12.8 Å². The van der Waals surface area contributed by atoms with E-state index in [9.17, 15) is 4.79 Å². The third kappa shape index (κ3) is 2.60. The molecule has 1 heterocycles. The van der Waals surface area contributed by atoms with E-state index in [4.69, 9.17) is 17.3 Å². The molecule has 1 aromatic carbocycles. The van der Waals surface area contributed by atoms with E-state index < -0.39 is 0 Å². The minimum absolute atomic E-state index is 0.212. The van der Waals surface area contributed by atoms with E-state index in [2.05, 4.69) is 16.4 Å². The van der Waals surface area contributed by atoms with Crippen LogP contribution in [0.1, 0.15) is 27.9 Å². The molecule has 102 valence electrons. The Morgan fingerprint density at radius 2 is 2.00 bits per heavy atom. The number of anilines is 2. The predicted octanol–water partition coefficient (Wildman–Crippen LogP) is 3.06. The molecule has 0 bridgehead atoms. The number of fused-ring (bicyclic) bond motifs is 1. The first kappa shape index (κ1) is 12.9. The highest BCUT2D eigenvalue weighted by molar-refractivity contribution is 6.30. The summed E-state index contributed by atoms with van der Waals surface area (Å²) in [5.41, 5.74) is 9.48. The molecular formula is C15H14ClN3O. The number of aromatic nitrogens is 1. The number of amides is 1. The Kier molecular flexibility index (Phi) is 3.32. The largest absolute Gasteiger partial charge is 0.384 e. The molecule has 0 radical (unpaired) electrons. The average molecular weight is 288 g/mol. The number of nitrogens with one attached hydrogen (secondary N) is 1. The molecule has 1 aliphatic carbocycles. The lowest BCUT2D eigenvalue weighted by Gasteiger charge is -2.08. The molecule has 0 saturated carbocycles. The SMILES string of the molecule is Nc1cc(C(=O)Nc2ccc3c(c2)CCC3)cc(Cl)n1. The second kappa shape index (κ2) is 5.13. The standard InChI is InChI=1S/C15H14ClN3O/c16-13-7-11(8-14(17)19-13)15(20)18-12-5-4-9-2-1-3-10(9)6-12/h4-8H,1-3H2,(H2,17,19)(H,18,20). The van der Waals surface area contributed by atoms with Gasteiger partial charge in [-0.1, -0.05) is 17.7 Å². The minimum atomic E-state index is -0.237. The van der Waals surface area contributed by atoms with Gasteiger partial charge in [-0.15, -0.1) is 0 Å². The number of nitrogens with two attached hydrogens (primary N) is 1. The molecule has 0 fully saturated rings. The van der Waals surface area contributed by atoms with E-state index in [1.54, 1.807) is 0 Å². The summed E-state index contributed by atoms with van der Waals surface area (Å²) in [6, 6.07) is 9.04. The van der Waals surface area contributed by atoms with Crippen LogP contribution in [0.15, 0.2) is 30.3 Å². The van der Waals surface area contributed by atoms with Gasteiger partial charge in [-0.2, -0.15) is 0 Å². The monoisotopic (exact) mass is 287 g/mol. The van der Waals surface area contributed by atoms with E-state index in [1.165, 1.54) is 29.7 Å². The number of pyridine rings is 1. The first-order valence-electron chi connectivity index (χ1n) is 6.48. The molecule has 1 aliphatic rings. The number of benzene rings is 1. The van der Waals surface area contributed by atoms with Crippen molar-refractivity contribution in [2.75, 3.05) is 11.1 Å². The van der Waals surface area contributed by atoms with Crippen LogP contribution in [0.4, 0.5) is 11.5 Å². The first-order chi connectivity index (χ1) is 9.61. The number of nitrogens with zero attached hydrogens (tertiary/aromatic N) is 1. The van der Waals surface area contributed by atoms with Crippen molar-refractivity contribution < 1.29 is 4.79 Å². The molecule has 0 atom stereocenters. The van der Waals surface area contributed by atoms with Crippen LogP contribution in [0.3, 0.4) is 0 Å². The number of aryl methyl sites for hydroxylation is 2. The summed E-state index contributed by atoms with van der Waals surface area (Å²) >= 11 is 5.80. The molecule has 3 N–H and O–H groups in total. The molecule has 0 spiro atoms. The van der Waals surface area contributed by atoms with Crippen LogP contribution in [0.5, 0.6) is 0 Å². The minimum Gasteiger partial charge on any atom is -0.384 e. The molecule has 20 heavy (non-hydrogen) atoms. The highest BCUT2D eigenvalue weighted by atomic mass is 35.5. The second-order valence-electron chi connectivity index (χ2n) is 4.89. The van der Waals surface area contributed by atoms with E-state index in [0.717, 1.165) is 18.5 Å². The summed E-state index contributed by atoms with van der Waals surface area (Å²) in [6.07, 6.45) is 3.39. The fourth-order valence-electron chi connectivity index (χ4n) is 2.50. The Balaban J connectivity index is 1.82. The lowest BCUT2D eigenvalue weighted by molar-refractivity contribution is 0.102.